The lowest BCUT2D eigenvalue weighted by molar-refractivity contribution is 0.626. The summed E-state index contributed by atoms with van der Waals surface area (Å²) in [6.07, 6.45) is 1.31. The number of rotatable bonds is 2. The summed E-state index contributed by atoms with van der Waals surface area (Å²) >= 11 is 5.34. The SMILES string of the molecule is CC(C)CCl.CCC(C)C. The first-order valence-electron chi connectivity index (χ1n) is 4.10. The van der Waals surface area contributed by atoms with Crippen molar-refractivity contribution in [2.75, 3.05) is 5.88 Å². The average molecular weight is 165 g/mol. The summed E-state index contributed by atoms with van der Waals surface area (Å²) in [7, 11) is 0. The van der Waals surface area contributed by atoms with Gasteiger partial charge in [0.05, 0.1) is 0 Å². The van der Waals surface area contributed by atoms with Crippen molar-refractivity contribution in [3.8, 4) is 0 Å². The first-order chi connectivity index (χ1) is 4.54. The highest BCUT2D eigenvalue weighted by Gasteiger charge is 1.82. The number of alkyl halides is 1. The van der Waals surface area contributed by atoms with Crippen molar-refractivity contribution < 1.29 is 0 Å². The van der Waals surface area contributed by atoms with Crippen molar-refractivity contribution in [3.05, 3.63) is 0 Å². The van der Waals surface area contributed by atoms with E-state index in [0.29, 0.717) is 5.92 Å². The number of hydrogen-bond donors (Lipinski definition) is 0. The van der Waals surface area contributed by atoms with Gasteiger partial charge in [-0.25, -0.2) is 0 Å². The fraction of sp³-hybridized carbons (Fsp3) is 1.00. The molecule has 0 saturated heterocycles. The smallest absolute Gasteiger partial charge is 0.0246 e. The van der Waals surface area contributed by atoms with Gasteiger partial charge in [0, 0.05) is 5.88 Å². The second-order valence-corrected chi connectivity index (χ2v) is 3.66. The van der Waals surface area contributed by atoms with E-state index in [0.717, 1.165) is 11.8 Å². The van der Waals surface area contributed by atoms with Crippen LogP contribution < -0.4 is 0 Å². The Balaban J connectivity index is 0. The lowest BCUT2D eigenvalue weighted by atomic mass is 10.2. The third kappa shape index (κ3) is 23.9. The van der Waals surface area contributed by atoms with E-state index in [1.54, 1.807) is 0 Å². The molecule has 0 aliphatic rings. The van der Waals surface area contributed by atoms with E-state index in [1.807, 2.05) is 0 Å². The Morgan fingerprint density at radius 3 is 1.20 bits per heavy atom. The lowest BCUT2D eigenvalue weighted by Crippen LogP contribution is -1.83. The van der Waals surface area contributed by atoms with Gasteiger partial charge in [-0.15, -0.1) is 11.6 Å². The Labute approximate surface area is 71.0 Å². The summed E-state index contributed by atoms with van der Waals surface area (Å²) in [6.45, 7) is 10.8. The van der Waals surface area contributed by atoms with Gasteiger partial charge in [0.15, 0.2) is 0 Å². The molecule has 0 N–H and O–H groups in total. The molecule has 0 radical (unpaired) electrons. The van der Waals surface area contributed by atoms with E-state index in [4.69, 9.17) is 11.6 Å². The second-order valence-electron chi connectivity index (χ2n) is 3.35. The lowest BCUT2D eigenvalue weighted by Gasteiger charge is -1.90. The predicted octanol–water partition coefficient (Wildman–Crippen LogP) is 3.93. The van der Waals surface area contributed by atoms with Gasteiger partial charge in [-0.05, 0) is 11.8 Å². The second kappa shape index (κ2) is 9.29. The predicted molar refractivity (Wildman–Crippen MR) is 50.7 cm³/mol. The normalized spacial score (nSPS) is 9.60. The maximum absolute atomic E-state index is 5.34. The Morgan fingerprint density at radius 1 is 1.00 bits per heavy atom. The molecule has 0 aromatic heterocycles. The zero-order valence-corrected chi connectivity index (χ0v) is 8.70. The van der Waals surface area contributed by atoms with Crippen LogP contribution in [0.5, 0.6) is 0 Å². The molecule has 0 rings (SSSR count). The van der Waals surface area contributed by atoms with Gasteiger partial charge in [-0.1, -0.05) is 41.0 Å². The van der Waals surface area contributed by atoms with Crippen LogP contribution in [-0.4, -0.2) is 5.88 Å². The summed E-state index contributed by atoms with van der Waals surface area (Å²) in [6, 6.07) is 0. The van der Waals surface area contributed by atoms with Crippen molar-refractivity contribution in [3.63, 3.8) is 0 Å². The summed E-state index contributed by atoms with van der Waals surface area (Å²) in [5, 5.41) is 0. The summed E-state index contributed by atoms with van der Waals surface area (Å²) < 4.78 is 0. The Hall–Kier alpha value is 0.290. The molecule has 64 valence electrons. The molecule has 0 atom stereocenters. The van der Waals surface area contributed by atoms with Crippen LogP contribution in [0.3, 0.4) is 0 Å². The van der Waals surface area contributed by atoms with E-state index in [1.165, 1.54) is 6.42 Å². The van der Waals surface area contributed by atoms with Gasteiger partial charge >= 0.3 is 0 Å². The van der Waals surface area contributed by atoms with E-state index in [9.17, 15) is 0 Å². The van der Waals surface area contributed by atoms with Crippen LogP contribution in [0.4, 0.5) is 0 Å². The summed E-state index contributed by atoms with van der Waals surface area (Å²) in [4.78, 5) is 0. The monoisotopic (exact) mass is 164 g/mol. The van der Waals surface area contributed by atoms with Gasteiger partial charge in [0.1, 0.15) is 0 Å². The fourth-order valence-electron chi connectivity index (χ4n) is 0. The molecular weight excluding hydrogens is 144 g/mol. The van der Waals surface area contributed by atoms with Crippen LogP contribution >= 0.6 is 11.6 Å². The maximum Gasteiger partial charge on any atom is 0.0246 e. The first kappa shape index (κ1) is 12.9. The minimum Gasteiger partial charge on any atom is -0.126 e. The highest BCUT2D eigenvalue weighted by molar-refractivity contribution is 6.17. The van der Waals surface area contributed by atoms with Crippen LogP contribution in [-0.2, 0) is 0 Å². The molecule has 0 amide bonds. The molecule has 10 heavy (non-hydrogen) atoms. The molecule has 0 saturated carbocycles. The minimum atomic E-state index is 0.650. The van der Waals surface area contributed by atoms with Crippen LogP contribution in [0.1, 0.15) is 41.0 Å². The van der Waals surface area contributed by atoms with Crippen molar-refractivity contribution in [2.45, 2.75) is 41.0 Å². The average Bonchev–Trinajstić information content (AvgIpc) is 1.89. The molecule has 0 aromatic rings. The number of hydrogen-bond acceptors (Lipinski definition) is 0. The quantitative estimate of drug-likeness (QED) is 0.543. The van der Waals surface area contributed by atoms with Crippen molar-refractivity contribution >= 4 is 11.6 Å². The first-order valence-corrected chi connectivity index (χ1v) is 4.63. The van der Waals surface area contributed by atoms with Gasteiger partial charge in [-0.2, -0.15) is 0 Å². The van der Waals surface area contributed by atoms with Gasteiger partial charge in [0.25, 0.3) is 0 Å². The van der Waals surface area contributed by atoms with Crippen molar-refractivity contribution in [2.24, 2.45) is 11.8 Å². The minimum absolute atomic E-state index is 0.650. The summed E-state index contributed by atoms with van der Waals surface area (Å²) in [5.41, 5.74) is 0. The van der Waals surface area contributed by atoms with Gasteiger partial charge in [0.2, 0.25) is 0 Å². The zero-order valence-electron chi connectivity index (χ0n) is 7.95. The molecule has 0 heterocycles. The Kier molecular flexibility index (Phi) is 12.0. The van der Waals surface area contributed by atoms with Crippen molar-refractivity contribution in [1.29, 1.82) is 0 Å². The molecule has 0 fully saturated rings. The molecule has 0 bridgehead atoms. The molecule has 0 aliphatic heterocycles. The zero-order chi connectivity index (χ0) is 8.57. The molecule has 0 spiro atoms. The molecular formula is C9H21Cl. The number of halogens is 1. The topological polar surface area (TPSA) is 0 Å². The highest BCUT2D eigenvalue weighted by atomic mass is 35.5. The Morgan fingerprint density at radius 2 is 1.20 bits per heavy atom. The fourth-order valence-corrected chi connectivity index (χ4v) is 0. The van der Waals surface area contributed by atoms with E-state index < -0.39 is 0 Å². The maximum atomic E-state index is 5.34. The van der Waals surface area contributed by atoms with E-state index in [-0.39, 0.29) is 0 Å². The van der Waals surface area contributed by atoms with Crippen LogP contribution in [0.15, 0.2) is 0 Å². The third-order valence-electron chi connectivity index (χ3n) is 1.13. The van der Waals surface area contributed by atoms with Crippen molar-refractivity contribution in [1.82, 2.24) is 0 Å². The van der Waals surface area contributed by atoms with E-state index in [2.05, 4.69) is 34.6 Å². The van der Waals surface area contributed by atoms with Crippen LogP contribution in [0.25, 0.3) is 0 Å². The van der Waals surface area contributed by atoms with E-state index >= 15 is 0 Å². The third-order valence-corrected chi connectivity index (χ3v) is 1.74. The largest absolute Gasteiger partial charge is 0.126 e. The van der Waals surface area contributed by atoms with Crippen LogP contribution in [0, 0.1) is 11.8 Å². The Bertz CT molecular complexity index is 40.7. The van der Waals surface area contributed by atoms with Gasteiger partial charge in [-0.3, -0.25) is 0 Å². The summed E-state index contributed by atoms with van der Waals surface area (Å²) in [5.74, 6) is 2.31. The highest BCUT2D eigenvalue weighted by Crippen LogP contribution is 1.93. The molecule has 0 unspecified atom stereocenters. The van der Waals surface area contributed by atoms with Gasteiger partial charge < -0.3 is 0 Å². The standard InChI is InChI=1S/C5H12.C4H9Cl/c1-4-5(2)3;1-4(2)3-5/h5H,4H2,1-3H3;4H,3H2,1-2H3. The molecule has 0 aromatic carbocycles. The molecule has 0 nitrogen and oxygen atoms in total. The molecule has 1 heteroatoms. The molecule has 0 aliphatic carbocycles. The van der Waals surface area contributed by atoms with Crippen LogP contribution in [0.2, 0.25) is 0 Å².